The maximum atomic E-state index is 12.3. The molecule has 0 heterocycles. The number of rotatable bonds is 10. The fraction of sp³-hybridized carbons (Fsp3) is 0.588. The summed E-state index contributed by atoms with van der Waals surface area (Å²) in [6, 6.07) is 6.54. The van der Waals surface area contributed by atoms with E-state index in [0.29, 0.717) is 18.8 Å². The van der Waals surface area contributed by atoms with Gasteiger partial charge in [0.05, 0.1) is 4.90 Å². The lowest BCUT2D eigenvalue weighted by Crippen LogP contribution is -2.24. The number of carbonyl (C=O) groups is 1. The van der Waals surface area contributed by atoms with Gasteiger partial charge in [-0.25, -0.2) is 13.1 Å². The number of nitrogens with one attached hydrogen (secondary N) is 1. The van der Waals surface area contributed by atoms with Gasteiger partial charge in [0.1, 0.15) is 5.78 Å². The molecule has 0 aromatic heterocycles. The molecule has 6 heteroatoms. The molecule has 0 bridgehead atoms. The Balaban J connectivity index is 2.81. The van der Waals surface area contributed by atoms with Gasteiger partial charge in [-0.3, -0.25) is 4.79 Å². The molecular weight excluding hydrogens is 334 g/mol. The second kappa shape index (κ2) is 9.40. The van der Waals surface area contributed by atoms with Crippen LogP contribution < -0.4 is 4.72 Å². The molecule has 0 aliphatic carbocycles. The van der Waals surface area contributed by atoms with Crippen LogP contribution in [0.25, 0.3) is 0 Å². The standard InChI is InChI=1S/C17H26ClNO3S/c1-4-5-12-19-23(21,22)16-8-6-15(7-9-16)14(3)17(20)13(2)10-11-18/h6-9,13-14,19H,4-5,10-12H2,1-3H3. The first kappa shape index (κ1) is 20.1. The Morgan fingerprint density at radius 3 is 2.35 bits per heavy atom. The zero-order chi connectivity index (χ0) is 17.5. The Bertz CT molecular complexity index is 599. The fourth-order valence-electron chi connectivity index (χ4n) is 2.30. The van der Waals surface area contributed by atoms with Crippen LogP contribution in [0.2, 0.25) is 0 Å². The third-order valence-corrected chi connectivity index (χ3v) is 5.66. The summed E-state index contributed by atoms with van der Waals surface area (Å²) in [5.74, 6) is 0.224. The molecule has 2 unspecified atom stereocenters. The van der Waals surface area contributed by atoms with Crippen molar-refractivity contribution in [2.24, 2.45) is 5.92 Å². The lowest BCUT2D eigenvalue weighted by Gasteiger charge is -2.16. The van der Waals surface area contributed by atoms with E-state index in [-0.39, 0.29) is 22.5 Å². The van der Waals surface area contributed by atoms with E-state index in [1.54, 1.807) is 24.3 Å². The van der Waals surface area contributed by atoms with Gasteiger partial charge in [-0.05, 0) is 30.5 Å². The number of sulfonamides is 1. The number of Topliss-reactive ketones (excluding diaryl/α,β-unsaturated/α-hetero) is 1. The highest BCUT2D eigenvalue weighted by molar-refractivity contribution is 7.89. The molecule has 0 spiro atoms. The molecule has 0 aliphatic heterocycles. The van der Waals surface area contributed by atoms with Crippen molar-refractivity contribution in [1.29, 1.82) is 0 Å². The van der Waals surface area contributed by atoms with E-state index in [1.807, 2.05) is 20.8 Å². The van der Waals surface area contributed by atoms with Crippen molar-refractivity contribution in [3.63, 3.8) is 0 Å². The smallest absolute Gasteiger partial charge is 0.240 e. The molecule has 130 valence electrons. The van der Waals surface area contributed by atoms with Crippen LogP contribution in [0.15, 0.2) is 29.2 Å². The Labute approximate surface area is 144 Å². The lowest BCUT2D eigenvalue weighted by atomic mass is 9.88. The van der Waals surface area contributed by atoms with Crippen molar-refractivity contribution in [3.8, 4) is 0 Å². The van der Waals surface area contributed by atoms with Crippen LogP contribution in [0.4, 0.5) is 0 Å². The van der Waals surface area contributed by atoms with Crippen LogP contribution >= 0.6 is 11.6 Å². The van der Waals surface area contributed by atoms with Gasteiger partial charge in [0.2, 0.25) is 10.0 Å². The van der Waals surface area contributed by atoms with E-state index in [4.69, 9.17) is 11.6 Å². The molecule has 23 heavy (non-hydrogen) atoms. The van der Waals surface area contributed by atoms with Gasteiger partial charge in [-0.1, -0.05) is 39.3 Å². The van der Waals surface area contributed by atoms with E-state index in [2.05, 4.69) is 4.72 Å². The second-order valence-corrected chi connectivity index (χ2v) is 7.97. The third-order valence-electron chi connectivity index (χ3n) is 3.97. The highest BCUT2D eigenvalue weighted by Gasteiger charge is 2.21. The SMILES string of the molecule is CCCCNS(=O)(=O)c1ccc(C(C)C(=O)C(C)CCCl)cc1. The first-order chi connectivity index (χ1) is 10.8. The lowest BCUT2D eigenvalue weighted by molar-refractivity contribution is -0.123. The van der Waals surface area contributed by atoms with Crippen molar-refractivity contribution >= 4 is 27.4 Å². The summed E-state index contributed by atoms with van der Waals surface area (Å²) >= 11 is 5.69. The molecule has 0 amide bonds. The van der Waals surface area contributed by atoms with Crippen molar-refractivity contribution in [2.45, 2.75) is 50.8 Å². The summed E-state index contributed by atoms with van der Waals surface area (Å²) in [6.07, 6.45) is 2.39. The number of benzene rings is 1. The summed E-state index contributed by atoms with van der Waals surface area (Å²) in [5.41, 5.74) is 0.823. The fourth-order valence-corrected chi connectivity index (χ4v) is 3.70. The van der Waals surface area contributed by atoms with E-state index < -0.39 is 10.0 Å². The highest BCUT2D eigenvalue weighted by atomic mass is 35.5. The average Bonchev–Trinajstić information content (AvgIpc) is 2.54. The number of hydrogen-bond donors (Lipinski definition) is 1. The maximum Gasteiger partial charge on any atom is 0.240 e. The summed E-state index contributed by atoms with van der Waals surface area (Å²) < 4.78 is 26.8. The minimum atomic E-state index is -3.47. The number of halogens is 1. The Morgan fingerprint density at radius 1 is 1.22 bits per heavy atom. The van der Waals surface area contributed by atoms with Gasteiger partial charge in [0.25, 0.3) is 0 Å². The zero-order valence-corrected chi connectivity index (χ0v) is 15.6. The second-order valence-electron chi connectivity index (χ2n) is 5.82. The van der Waals surface area contributed by atoms with Crippen LogP contribution in [0.3, 0.4) is 0 Å². The minimum absolute atomic E-state index is 0.0957. The predicted octanol–water partition coefficient (Wildman–Crippen LogP) is 3.70. The summed E-state index contributed by atoms with van der Waals surface area (Å²) in [7, 11) is -3.47. The molecule has 0 saturated heterocycles. The first-order valence-corrected chi connectivity index (χ1v) is 10.0. The van der Waals surface area contributed by atoms with Gasteiger partial charge in [-0.15, -0.1) is 11.6 Å². The van der Waals surface area contributed by atoms with Crippen LogP contribution in [0.5, 0.6) is 0 Å². The molecule has 1 rings (SSSR count). The number of ketones is 1. The quantitative estimate of drug-likeness (QED) is 0.511. The molecule has 4 nitrogen and oxygen atoms in total. The van der Waals surface area contributed by atoms with E-state index in [1.165, 1.54) is 0 Å². The van der Waals surface area contributed by atoms with Crippen LogP contribution in [-0.2, 0) is 14.8 Å². The summed E-state index contributed by atoms with van der Waals surface area (Å²) in [4.78, 5) is 12.5. The van der Waals surface area contributed by atoms with Crippen molar-refractivity contribution in [3.05, 3.63) is 29.8 Å². The summed E-state index contributed by atoms with van der Waals surface area (Å²) in [5, 5.41) is 0. The van der Waals surface area contributed by atoms with Crippen molar-refractivity contribution < 1.29 is 13.2 Å². The molecule has 1 N–H and O–H groups in total. The van der Waals surface area contributed by atoms with Crippen molar-refractivity contribution in [2.75, 3.05) is 12.4 Å². The van der Waals surface area contributed by atoms with Crippen molar-refractivity contribution in [1.82, 2.24) is 4.72 Å². The topological polar surface area (TPSA) is 63.2 Å². The molecule has 0 fully saturated rings. The van der Waals surface area contributed by atoms with Crippen LogP contribution in [-0.4, -0.2) is 26.6 Å². The van der Waals surface area contributed by atoms with Gasteiger partial charge >= 0.3 is 0 Å². The van der Waals surface area contributed by atoms with Gasteiger partial charge in [-0.2, -0.15) is 0 Å². The Kier molecular flexibility index (Phi) is 8.23. The van der Waals surface area contributed by atoms with Gasteiger partial charge in [0.15, 0.2) is 0 Å². The number of carbonyl (C=O) groups excluding carboxylic acids is 1. The molecule has 0 saturated carbocycles. The van der Waals surface area contributed by atoms with E-state index in [0.717, 1.165) is 18.4 Å². The monoisotopic (exact) mass is 359 g/mol. The average molecular weight is 360 g/mol. The first-order valence-electron chi connectivity index (χ1n) is 8.02. The van der Waals surface area contributed by atoms with E-state index in [9.17, 15) is 13.2 Å². The molecule has 1 aromatic rings. The highest BCUT2D eigenvalue weighted by Crippen LogP contribution is 2.23. The zero-order valence-electron chi connectivity index (χ0n) is 14.0. The predicted molar refractivity (Wildman–Crippen MR) is 94.5 cm³/mol. The summed E-state index contributed by atoms with van der Waals surface area (Å²) in [6.45, 7) is 6.16. The minimum Gasteiger partial charge on any atom is -0.299 e. The molecule has 0 radical (unpaired) electrons. The normalized spacial score (nSPS) is 14.4. The molecular formula is C17H26ClNO3S. The number of alkyl halides is 1. The molecule has 1 aromatic carbocycles. The number of unbranched alkanes of at least 4 members (excludes halogenated alkanes) is 1. The van der Waals surface area contributed by atoms with E-state index >= 15 is 0 Å². The van der Waals surface area contributed by atoms with Crippen LogP contribution in [0, 0.1) is 5.92 Å². The molecule has 2 atom stereocenters. The maximum absolute atomic E-state index is 12.3. The third kappa shape index (κ3) is 5.90. The Hall–Kier alpha value is -0.910. The largest absolute Gasteiger partial charge is 0.299 e. The van der Waals surface area contributed by atoms with Gasteiger partial charge < -0.3 is 0 Å². The van der Waals surface area contributed by atoms with Gasteiger partial charge in [0, 0.05) is 24.3 Å². The molecule has 0 aliphatic rings. The number of hydrogen-bond acceptors (Lipinski definition) is 3. The Morgan fingerprint density at radius 2 is 1.83 bits per heavy atom. The van der Waals surface area contributed by atoms with Crippen LogP contribution in [0.1, 0.15) is 51.5 Å².